The zero-order valence-electron chi connectivity index (χ0n) is 12.7. The first-order valence-corrected chi connectivity index (χ1v) is 7.39. The predicted octanol–water partition coefficient (Wildman–Crippen LogP) is 3.65. The van der Waals surface area contributed by atoms with Crippen molar-refractivity contribution in [2.24, 2.45) is 5.73 Å². The Morgan fingerprint density at radius 1 is 1.33 bits per heavy atom. The lowest BCUT2D eigenvalue weighted by Crippen LogP contribution is -2.16. The number of benzene rings is 1. The maximum absolute atomic E-state index is 6.07. The number of ether oxygens (including phenoxy) is 1. The zero-order chi connectivity index (χ0) is 15.4. The van der Waals surface area contributed by atoms with Crippen LogP contribution in [0.25, 0.3) is 0 Å². The SMILES string of the molecule is COc1c(C)cnc(CC(CN)c2cccc(Cl)c2)c1C. The first-order valence-electron chi connectivity index (χ1n) is 7.01. The lowest BCUT2D eigenvalue weighted by molar-refractivity contribution is 0.406. The minimum atomic E-state index is 0.197. The van der Waals surface area contributed by atoms with Gasteiger partial charge in [0.15, 0.2) is 0 Å². The van der Waals surface area contributed by atoms with Crippen molar-refractivity contribution in [3.8, 4) is 5.75 Å². The van der Waals surface area contributed by atoms with E-state index < -0.39 is 0 Å². The molecule has 1 aromatic heterocycles. The Kier molecular flexibility index (Phi) is 5.21. The molecule has 1 heterocycles. The van der Waals surface area contributed by atoms with Crippen LogP contribution in [0.2, 0.25) is 5.02 Å². The monoisotopic (exact) mass is 304 g/mol. The van der Waals surface area contributed by atoms with Crippen molar-refractivity contribution >= 4 is 11.6 Å². The van der Waals surface area contributed by atoms with Crippen LogP contribution in [-0.2, 0) is 6.42 Å². The summed E-state index contributed by atoms with van der Waals surface area (Å²) in [5, 5.41) is 0.733. The van der Waals surface area contributed by atoms with E-state index in [9.17, 15) is 0 Å². The molecule has 0 radical (unpaired) electrons. The Hall–Kier alpha value is -1.58. The van der Waals surface area contributed by atoms with Gasteiger partial charge >= 0.3 is 0 Å². The van der Waals surface area contributed by atoms with Crippen LogP contribution in [0, 0.1) is 13.8 Å². The third-order valence-electron chi connectivity index (χ3n) is 3.79. The Bertz CT molecular complexity index is 628. The quantitative estimate of drug-likeness (QED) is 0.917. The largest absolute Gasteiger partial charge is 0.496 e. The highest BCUT2D eigenvalue weighted by atomic mass is 35.5. The number of aromatic nitrogens is 1. The Morgan fingerprint density at radius 3 is 2.71 bits per heavy atom. The molecule has 4 heteroatoms. The molecule has 1 aromatic carbocycles. The van der Waals surface area contributed by atoms with E-state index in [1.54, 1.807) is 7.11 Å². The van der Waals surface area contributed by atoms with Gasteiger partial charge in [-0.05, 0) is 44.5 Å². The van der Waals surface area contributed by atoms with Crippen molar-refractivity contribution < 1.29 is 4.74 Å². The minimum Gasteiger partial charge on any atom is -0.496 e. The van der Waals surface area contributed by atoms with Crippen LogP contribution in [0.4, 0.5) is 0 Å². The van der Waals surface area contributed by atoms with Crippen LogP contribution in [0.15, 0.2) is 30.5 Å². The second kappa shape index (κ2) is 6.92. The lowest BCUT2D eigenvalue weighted by Gasteiger charge is -2.18. The number of aryl methyl sites for hydroxylation is 1. The average molecular weight is 305 g/mol. The molecule has 1 atom stereocenters. The van der Waals surface area contributed by atoms with Crippen molar-refractivity contribution in [3.05, 3.63) is 57.9 Å². The lowest BCUT2D eigenvalue weighted by atomic mass is 9.92. The van der Waals surface area contributed by atoms with Crippen LogP contribution < -0.4 is 10.5 Å². The highest BCUT2D eigenvalue weighted by Crippen LogP contribution is 2.28. The topological polar surface area (TPSA) is 48.1 Å². The van der Waals surface area contributed by atoms with Gasteiger partial charge in [-0.25, -0.2) is 0 Å². The molecule has 0 saturated heterocycles. The highest BCUT2D eigenvalue weighted by Gasteiger charge is 2.16. The number of pyridine rings is 1. The Balaban J connectivity index is 2.31. The number of nitrogens with two attached hydrogens (primary N) is 1. The van der Waals surface area contributed by atoms with E-state index in [-0.39, 0.29) is 5.92 Å². The van der Waals surface area contributed by atoms with Crippen molar-refractivity contribution in [3.63, 3.8) is 0 Å². The van der Waals surface area contributed by atoms with Crippen molar-refractivity contribution in [1.82, 2.24) is 4.98 Å². The molecule has 1 unspecified atom stereocenters. The van der Waals surface area contributed by atoms with Crippen molar-refractivity contribution in [1.29, 1.82) is 0 Å². The van der Waals surface area contributed by atoms with E-state index in [0.717, 1.165) is 39.6 Å². The molecule has 2 aromatic rings. The van der Waals surface area contributed by atoms with Gasteiger partial charge in [0, 0.05) is 34.0 Å². The molecule has 0 fully saturated rings. The van der Waals surface area contributed by atoms with Crippen molar-refractivity contribution in [2.45, 2.75) is 26.2 Å². The van der Waals surface area contributed by atoms with E-state index >= 15 is 0 Å². The van der Waals surface area contributed by atoms with E-state index in [1.165, 1.54) is 0 Å². The molecule has 0 bridgehead atoms. The van der Waals surface area contributed by atoms with Crippen molar-refractivity contribution in [2.75, 3.05) is 13.7 Å². The standard InChI is InChI=1S/C17H21ClN2O/c1-11-10-20-16(12(2)17(11)21-3)8-14(9-19)13-5-4-6-15(18)7-13/h4-7,10,14H,8-9,19H2,1-3H3. The molecule has 21 heavy (non-hydrogen) atoms. The first kappa shape index (κ1) is 15.8. The molecular weight excluding hydrogens is 284 g/mol. The summed E-state index contributed by atoms with van der Waals surface area (Å²) in [6, 6.07) is 7.86. The number of nitrogens with zero attached hydrogens (tertiary/aromatic N) is 1. The summed E-state index contributed by atoms with van der Waals surface area (Å²) in [5.74, 6) is 1.10. The summed E-state index contributed by atoms with van der Waals surface area (Å²) in [5.41, 5.74) is 10.2. The van der Waals surface area contributed by atoms with Gasteiger partial charge in [-0.1, -0.05) is 23.7 Å². The molecule has 3 nitrogen and oxygen atoms in total. The van der Waals surface area contributed by atoms with E-state index in [1.807, 2.05) is 38.2 Å². The fourth-order valence-electron chi connectivity index (χ4n) is 2.61. The zero-order valence-corrected chi connectivity index (χ0v) is 13.4. The fraction of sp³-hybridized carbons (Fsp3) is 0.353. The van der Waals surface area contributed by atoms with Gasteiger partial charge in [0.2, 0.25) is 0 Å². The number of hydrogen-bond acceptors (Lipinski definition) is 3. The van der Waals surface area contributed by atoms with Crippen LogP contribution in [-0.4, -0.2) is 18.6 Å². The van der Waals surface area contributed by atoms with Crippen LogP contribution in [0.1, 0.15) is 28.3 Å². The molecular formula is C17H21ClN2O. The third-order valence-corrected chi connectivity index (χ3v) is 4.03. The average Bonchev–Trinajstić information content (AvgIpc) is 2.47. The van der Waals surface area contributed by atoms with E-state index in [4.69, 9.17) is 22.1 Å². The van der Waals surface area contributed by atoms with Gasteiger partial charge < -0.3 is 10.5 Å². The minimum absolute atomic E-state index is 0.197. The smallest absolute Gasteiger partial charge is 0.128 e. The fourth-order valence-corrected chi connectivity index (χ4v) is 2.81. The van der Waals surface area contributed by atoms with Gasteiger partial charge in [-0.15, -0.1) is 0 Å². The second-order valence-electron chi connectivity index (χ2n) is 5.24. The highest BCUT2D eigenvalue weighted by molar-refractivity contribution is 6.30. The molecule has 0 aliphatic rings. The number of rotatable bonds is 5. The molecule has 2 rings (SSSR count). The van der Waals surface area contributed by atoms with Gasteiger partial charge in [0.05, 0.1) is 7.11 Å². The van der Waals surface area contributed by atoms with Gasteiger partial charge in [0.25, 0.3) is 0 Å². The van der Waals surface area contributed by atoms with Crippen LogP contribution >= 0.6 is 11.6 Å². The van der Waals surface area contributed by atoms with E-state index in [0.29, 0.717) is 6.54 Å². The molecule has 112 valence electrons. The van der Waals surface area contributed by atoms with Gasteiger partial charge in [-0.2, -0.15) is 0 Å². The van der Waals surface area contributed by atoms with Gasteiger partial charge in [0.1, 0.15) is 5.75 Å². The summed E-state index contributed by atoms with van der Waals surface area (Å²) < 4.78 is 5.46. The Labute approximate surface area is 131 Å². The summed E-state index contributed by atoms with van der Waals surface area (Å²) >= 11 is 6.07. The second-order valence-corrected chi connectivity index (χ2v) is 5.67. The summed E-state index contributed by atoms with van der Waals surface area (Å²) in [6.45, 7) is 4.59. The normalized spacial score (nSPS) is 12.2. The maximum atomic E-state index is 6.07. The molecule has 0 aliphatic heterocycles. The Morgan fingerprint density at radius 2 is 2.10 bits per heavy atom. The summed E-state index contributed by atoms with van der Waals surface area (Å²) in [7, 11) is 1.69. The molecule has 0 spiro atoms. The predicted molar refractivity (Wildman–Crippen MR) is 87.2 cm³/mol. The summed E-state index contributed by atoms with van der Waals surface area (Å²) in [6.07, 6.45) is 2.63. The summed E-state index contributed by atoms with van der Waals surface area (Å²) in [4.78, 5) is 4.55. The first-order chi connectivity index (χ1) is 10.1. The van der Waals surface area contributed by atoms with Crippen LogP contribution in [0.3, 0.4) is 0 Å². The van der Waals surface area contributed by atoms with E-state index in [2.05, 4.69) is 11.1 Å². The molecule has 0 amide bonds. The van der Waals surface area contributed by atoms with Gasteiger partial charge in [-0.3, -0.25) is 4.98 Å². The number of hydrogen-bond donors (Lipinski definition) is 1. The maximum Gasteiger partial charge on any atom is 0.128 e. The molecule has 0 aliphatic carbocycles. The number of methoxy groups -OCH3 is 1. The third kappa shape index (κ3) is 3.55. The van der Waals surface area contributed by atoms with Crippen LogP contribution in [0.5, 0.6) is 5.75 Å². The molecule has 0 saturated carbocycles. The molecule has 2 N–H and O–H groups in total. The number of halogens is 1.